The van der Waals surface area contributed by atoms with E-state index in [1.807, 2.05) is 54.2 Å². The Balaban J connectivity index is 1.97. The number of hydrogen-bond donors (Lipinski definition) is 0. The third-order valence-corrected chi connectivity index (χ3v) is 2.85. The summed E-state index contributed by atoms with van der Waals surface area (Å²) in [5.41, 5.74) is 2.02. The lowest BCUT2D eigenvalue weighted by molar-refractivity contribution is -0.119. The molecule has 2 aromatic rings. The maximum Gasteiger partial charge on any atom is 0.133 e. The molecule has 0 aliphatic carbocycles. The predicted molar refractivity (Wildman–Crippen MR) is 71.8 cm³/mol. The molecule has 0 aliphatic heterocycles. The molecule has 0 N–H and O–H groups in total. The van der Waals surface area contributed by atoms with Crippen LogP contribution in [0.15, 0.2) is 42.6 Å². The Bertz CT molecular complexity index is 502. The molecule has 0 saturated heterocycles. The molecule has 1 heterocycles. The van der Waals surface area contributed by atoms with Crippen LogP contribution in [0, 0.1) is 0 Å². The first-order chi connectivity index (χ1) is 8.79. The Hall–Kier alpha value is -1.90. The van der Waals surface area contributed by atoms with Crippen molar-refractivity contribution in [1.29, 1.82) is 0 Å². The molecule has 0 amide bonds. The second-order valence-corrected chi connectivity index (χ2v) is 4.38. The summed E-state index contributed by atoms with van der Waals surface area (Å²) in [6.45, 7) is 2.03. The van der Waals surface area contributed by atoms with Crippen molar-refractivity contribution in [3.8, 4) is 5.69 Å². The lowest BCUT2D eigenvalue weighted by Gasteiger charge is -2.00. The van der Waals surface area contributed by atoms with Crippen LogP contribution in [-0.4, -0.2) is 15.6 Å². The molecular weight excluding hydrogens is 224 g/mol. The number of rotatable bonds is 6. The average Bonchev–Trinajstić information content (AvgIpc) is 2.87. The Morgan fingerprint density at radius 3 is 2.67 bits per heavy atom. The van der Waals surface area contributed by atoms with Gasteiger partial charge in [0.25, 0.3) is 0 Å². The van der Waals surface area contributed by atoms with Crippen LogP contribution in [0.4, 0.5) is 0 Å². The number of aromatic nitrogens is 2. The summed E-state index contributed by atoms with van der Waals surface area (Å²) in [4.78, 5) is 11.5. The van der Waals surface area contributed by atoms with E-state index in [0.717, 1.165) is 24.2 Å². The predicted octanol–water partition coefficient (Wildman–Crippen LogP) is 3.17. The summed E-state index contributed by atoms with van der Waals surface area (Å²) in [5.74, 6) is 0.326. The number of carbonyl (C=O) groups is 1. The first-order valence-corrected chi connectivity index (χ1v) is 6.41. The van der Waals surface area contributed by atoms with Gasteiger partial charge in [0.05, 0.1) is 11.4 Å². The lowest BCUT2D eigenvalue weighted by Crippen LogP contribution is -2.01. The van der Waals surface area contributed by atoms with Crippen LogP contribution in [0.1, 0.15) is 31.9 Å². The van der Waals surface area contributed by atoms with E-state index in [1.54, 1.807) is 0 Å². The van der Waals surface area contributed by atoms with Gasteiger partial charge in [-0.3, -0.25) is 4.79 Å². The summed E-state index contributed by atoms with van der Waals surface area (Å²) in [7, 11) is 0. The normalized spacial score (nSPS) is 10.5. The molecule has 0 saturated carbocycles. The number of hydrogen-bond acceptors (Lipinski definition) is 2. The quantitative estimate of drug-likeness (QED) is 0.779. The van der Waals surface area contributed by atoms with E-state index in [4.69, 9.17) is 0 Å². The number of carbonyl (C=O) groups excluding carboxylic acids is 1. The zero-order chi connectivity index (χ0) is 12.8. The highest BCUT2D eigenvalue weighted by atomic mass is 16.1. The minimum Gasteiger partial charge on any atom is -0.300 e. The van der Waals surface area contributed by atoms with E-state index >= 15 is 0 Å². The first-order valence-electron chi connectivity index (χ1n) is 6.41. The highest BCUT2D eigenvalue weighted by molar-refractivity contribution is 5.78. The van der Waals surface area contributed by atoms with Gasteiger partial charge in [-0.2, -0.15) is 5.10 Å². The fourth-order valence-electron chi connectivity index (χ4n) is 1.89. The van der Waals surface area contributed by atoms with E-state index in [-0.39, 0.29) is 0 Å². The van der Waals surface area contributed by atoms with Gasteiger partial charge < -0.3 is 0 Å². The zero-order valence-corrected chi connectivity index (χ0v) is 10.7. The van der Waals surface area contributed by atoms with E-state index < -0.39 is 0 Å². The number of benzene rings is 1. The van der Waals surface area contributed by atoms with Gasteiger partial charge in [-0.25, -0.2) is 4.68 Å². The smallest absolute Gasteiger partial charge is 0.133 e. The van der Waals surface area contributed by atoms with Crippen LogP contribution in [0.2, 0.25) is 0 Å². The van der Waals surface area contributed by atoms with Crippen molar-refractivity contribution in [2.75, 3.05) is 0 Å². The van der Waals surface area contributed by atoms with Crippen molar-refractivity contribution in [3.63, 3.8) is 0 Å². The van der Waals surface area contributed by atoms with Crippen LogP contribution in [-0.2, 0) is 11.2 Å². The van der Waals surface area contributed by atoms with Gasteiger partial charge in [0, 0.05) is 19.0 Å². The Morgan fingerprint density at radius 1 is 1.17 bits per heavy atom. The van der Waals surface area contributed by atoms with Gasteiger partial charge in [-0.1, -0.05) is 25.1 Å². The fourth-order valence-corrected chi connectivity index (χ4v) is 1.89. The molecule has 3 nitrogen and oxygen atoms in total. The second-order valence-electron chi connectivity index (χ2n) is 4.38. The topological polar surface area (TPSA) is 34.9 Å². The van der Waals surface area contributed by atoms with E-state index in [1.165, 1.54) is 0 Å². The molecule has 0 fully saturated rings. The van der Waals surface area contributed by atoms with Crippen molar-refractivity contribution in [2.24, 2.45) is 0 Å². The van der Waals surface area contributed by atoms with Crippen LogP contribution in [0.3, 0.4) is 0 Å². The molecule has 18 heavy (non-hydrogen) atoms. The third-order valence-electron chi connectivity index (χ3n) is 2.85. The molecule has 94 valence electrons. The summed E-state index contributed by atoms with van der Waals surface area (Å²) in [6, 6.07) is 12.0. The van der Waals surface area contributed by atoms with Crippen molar-refractivity contribution in [3.05, 3.63) is 48.3 Å². The van der Waals surface area contributed by atoms with E-state index in [0.29, 0.717) is 18.6 Å². The maximum absolute atomic E-state index is 11.5. The molecular formula is C15H18N2O. The second kappa shape index (κ2) is 6.15. The Labute approximate surface area is 107 Å². The number of aryl methyl sites for hydroxylation is 1. The van der Waals surface area contributed by atoms with Crippen LogP contribution in [0.25, 0.3) is 5.69 Å². The summed E-state index contributed by atoms with van der Waals surface area (Å²) < 4.78 is 1.85. The summed E-state index contributed by atoms with van der Waals surface area (Å²) in [5, 5.41) is 4.48. The molecule has 0 aliphatic rings. The van der Waals surface area contributed by atoms with Crippen LogP contribution in [0.5, 0.6) is 0 Å². The lowest BCUT2D eigenvalue weighted by atomic mass is 10.1. The number of para-hydroxylation sites is 1. The van der Waals surface area contributed by atoms with Crippen molar-refractivity contribution in [1.82, 2.24) is 9.78 Å². The molecule has 0 atom stereocenters. The van der Waals surface area contributed by atoms with Gasteiger partial charge in [0.1, 0.15) is 5.78 Å². The van der Waals surface area contributed by atoms with Gasteiger partial charge in [-0.15, -0.1) is 0 Å². The first kappa shape index (κ1) is 12.6. The molecule has 2 rings (SSSR count). The molecule has 0 bridgehead atoms. The van der Waals surface area contributed by atoms with Gasteiger partial charge in [0.2, 0.25) is 0 Å². The summed E-state index contributed by atoms with van der Waals surface area (Å²) in [6.07, 6.45) is 4.88. The molecule has 0 radical (unpaired) electrons. The molecule has 1 aromatic heterocycles. The van der Waals surface area contributed by atoms with Crippen LogP contribution >= 0.6 is 0 Å². The monoisotopic (exact) mass is 242 g/mol. The Morgan fingerprint density at radius 2 is 1.94 bits per heavy atom. The standard InChI is InChI=1S/C15H18N2O/c1-2-6-15(18)10-9-13-11-12-17(16-13)14-7-4-3-5-8-14/h3-5,7-8,11-12H,2,6,9-10H2,1H3. The molecule has 1 aromatic carbocycles. The van der Waals surface area contributed by atoms with Crippen molar-refractivity contribution >= 4 is 5.78 Å². The highest BCUT2D eigenvalue weighted by Gasteiger charge is 2.04. The van der Waals surface area contributed by atoms with E-state index in [9.17, 15) is 4.79 Å². The zero-order valence-electron chi connectivity index (χ0n) is 10.7. The third kappa shape index (κ3) is 3.29. The fraction of sp³-hybridized carbons (Fsp3) is 0.333. The average molecular weight is 242 g/mol. The van der Waals surface area contributed by atoms with Crippen LogP contribution < -0.4 is 0 Å². The highest BCUT2D eigenvalue weighted by Crippen LogP contribution is 2.08. The number of ketones is 1. The largest absolute Gasteiger partial charge is 0.300 e. The molecule has 0 unspecified atom stereocenters. The molecule has 3 heteroatoms. The minimum atomic E-state index is 0.326. The van der Waals surface area contributed by atoms with Crippen molar-refractivity contribution < 1.29 is 4.79 Å². The number of Topliss-reactive ketones (excluding diaryl/α,β-unsaturated/α-hetero) is 1. The van der Waals surface area contributed by atoms with Gasteiger partial charge in [0.15, 0.2) is 0 Å². The maximum atomic E-state index is 11.5. The van der Waals surface area contributed by atoms with Gasteiger partial charge >= 0.3 is 0 Å². The summed E-state index contributed by atoms with van der Waals surface area (Å²) >= 11 is 0. The minimum absolute atomic E-state index is 0.326. The SMILES string of the molecule is CCCC(=O)CCc1ccn(-c2ccccc2)n1. The van der Waals surface area contributed by atoms with Gasteiger partial charge in [-0.05, 0) is 31.0 Å². The molecule has 0 spiro atoms. The number of nitrogens with zero attached hydrogens (tertiary/aromatic N) is 2. The Kier molecular flexibility index (Phi) is 4.29. The van der Waals surface area contributed by atoms with Crippen molar-refractivity contribution in [2.45, 2.75) is 32.6 Å². The van der Waals surface area contributed by atoms with E-state index in [2.05, 4.69) is 5.10 Å².